The molecule has 4 atom stereocenters. The summed E-state index contributed by atoms with van der Waals surface area (Å²) in [6, 6.07) is 4.95. The van der Waals surface area contributed by atoms with Crippen molar-refractivity contribution >= 4 is 29.8 Å². The van der Waals surface area contributed by atoms with Crippen molar-refractivity contribution in [3.63, 3.8) is 0 Å². The SMILES string of the molecule is COC(=O)N[C@H](C(=O)N[C@@H](Cc1ccc(C#Cc2ccc(N3CCN(C4(C)COC4)CC3)nc2)cc1)[C@@H](O)CN(Cc1c(F)cc(-c2ccn(C(F)F)n2)cc1F)NC(=O)[C@@H](NC(=O)O)C(C)(C)C(F)(F)F)C(C)(C)C(F)(F)F. The zero-order valence-electron chi connectivity index (χ0n) is 43.4. The van der Waals surface area contributed by atoms with Crippen molar-refractivity contribution in [2.24, 2.45) is 10.8 Å². The molecule has 430 valence electrons. The van der Waals surface area contributed by atoms with Gasteiger partial charge in [-0.05, 0) is 89.1 Å². The third kappa shape index (κ3) is 14.7. The highest BCUT2D eigenvalue weighted by Crippen LogP contribution is 2.42. The molecule has 0 spiro atoms. The molecule has 4 aromatic rings. The standard InChI is InChI=1S/C51H58F10N10O8/c1-47(2,50(56,57)58)40(65-46(77)78-6)42(73)63-37(21-30-10-7-29(8-11-30)9-12-31-13-14-39(62-24-31)68-17-19-69(20-18-68)49(5)27-79-28-49)38(72)26-70(67-43(74)41(64-45(75)76)48(3,4)51(59,60)61)25-33-34(52)22-32(23-35(33)53)36-15-16-71(66-36)44(54)55/h7-8,10-11,13-16,22-24,37-38,40-41,44,64,72H,17-21,25-28H2,1-6H3,(H,63,73)(H,65,77)(H,67,74)(H,75,76)/t37-,38-,40+,41+/m0/s1. The number of amides is 4. The van der Waals surface area contributed by atoms with Crippen LogP contribution in [0.2, 0.25) is 0 Å². The number of carbonyl (C=O) groups is 4. The second-order valence-corrected chi connectivity index (χ2v) is 20.3. The van der Waals surface area contributed by atoms with Gasteiger partial charge in [-0.3, -0.25) is 19.9 Å². The molecular formula is C51H58F10N10O8. The predicted octanol–water partition coefficient (Wildman–Crippen LogP) is 6.39. The van der Waals surface area contributed by atoms with Crippen LogP contribution in [0.5, 0.6) is 0 Å². The molecule has 0 radical (unpaired) electrons. The molecule has 2 fully saturated rings. The number of pyridine rings is 1. The summed E-state index contributed by atoms with van der Waals surface area (Å²) in [5.41, 5.74) is -4.68. The molecule has 2 saturated heterocycles. The molecule has 18 nitrogen and oxygen atoms in total. The van der Waals surface area contributed by atoms with Gasteiger partial charge in [-0.25, -0.2) is 33.0 Å². The fraction of sp³-hybridized carbons (Fsp3) is 0.490. The predicted molar refractivity (Wildman–Crippen MR) is 263 cm³/mol. The molecule has 2 aromatic heterocycles. The van der Waals surface area contributed by atoms with E-state index in [1.807, 2.05) is 16.8 Å². The van der Waals surface area contributed by atoms with Crippen LogP contribution >= 0.6 is 0 Å². The van der Waals surface area contributed by atoms with Gasteiger partial charge in [0.1, 0.15) is 29.5 Å². The van der Waals surface area contributed by atoms with E-state index < -0.39 is 115 Å². The zero-order chi connectivity index (χ0) is 58.4. The van der Waals surface area contributed by atoms with Gasteiger partial charge in [0.2, 0.25) is 5.91 Å². The summed E-state index contributed by atoms with van der Waals surface area (Å²) in [6.45, 7) is 3.39. The van der Waals surface area contributed by atoms with E-state index in [0.717, 1.165) is 51.4 Å². The number of aliphatic hydroxyl groups excluding tert-OH is 1. The molecule has 0 aliphatic carbocycles. The highest BCUT2D eigenvalue weighted by Gasteiger charge is 2.57. The number of aromatic nitrogens is 3. The number of aliphatic hydroxyl groups is 1. The van der Waals surface area contributed by atoms with Gasteiger partial charge < -0.3 is 40.5 Å². The number of hydrogen-bond donors (Lipinski definition) is 6. The number of anilines is 1. The van der Waals surface area contributed by atoms with E-state index in [9.17, 15) is 64.5 Å². The molecule has 4 amide bonds. The van der Waals surface area contributed by atoms with Gasteiger partial charge in [-0.2, -0.15) is 40.2 Å². The van der Waals surface area contributed by atoms with E-state index in [1.165, 1.54) is 29.6 Å². The quantitative estimate of drug-likeness (QED) is 0.0342. The van der Waals surface area contributed by atoms with Crippen LogP contribution < -0.4 is 26.3 Å². The molecule has 4 heterocycles. The Labute approximate surface area is 446 Å². The Morgan fingerprint density at radius 3 is 1.89 bits per heavy atom. The minimum Gasteiger partial charge on any atom is -0.465 e. The van der Waals surface area contributed by atoms with Crippen molar-refractivity contribution in [3.8, 4) is 23.1 Å². The molecule has 2 aliphatic heterocycles. The number of alkyl carbamates (subject to hydrolysis) is 1. The van der Waals surface area contributed by atoms with Crippen molar-refractivity contribution in [3.05, 3.63) is 101 Å². The lowest BCUT2D eigenvalue weighted by atomic mass is 9.82. The normalized spacial score (nSPS) is 16.7. The summed E-state index contributed by atoms with van der Waals surface area (Å²) >= 11 is 0. The number of piperazine rings is 1. The first-order valence-corrected chi connectivity index (χ1v) is 24.3. The summed E-state index contributed by atoms with van der Waals surface area (Å²) < 4.78 is 155. The van der Waals surface area contributed by atoms with Crippen LogP contribution in [0, 0.1) is 34.3 Å². The van der Waals surface area contributed by atoms with Crippen molar-refractivity contribution in [1.29, 1.82) is 0 Å². The van der Waals surface area contributed by atoms with Crippen LogP contribution in [0.25, 0.3) is 11.3 Å². The number of nitrogens with zero attached hydrogens (tertiary/aromatic N) is 6. The van der Waals surface area contributed by atoms with Gasteiger partial charge in [0.25, 0.3) is 5.91 Å². The molecular weight excluding hydrogens is 1070 g/mol. The molecule has 0 bridgehead atoms. The second kappa shape index (κ2) is 24.4. The van der Waals surface area contributed by atoms with E-state index in [0.29, 0.717) is 69.2 Å². The summed E-state index contributed by atoms with van der Waals surface area (Å²) in [7, 11) is 0.809. The molecule has 0 saturated carbocycles. The van der Waals surface area contributed by atoms with E-state index >= 15 is 8.78 Å². The van der Waals surface area contributed by atoms with Crippen LogP contribution in [0.4, 0.5) is 59.3 Å². The van der Waals surface area contributed by atoms with Gasteiger partial charge in [-0.15, -0.1) is 0 Å². The average molecular weight is 1130 g/mol. The number of hydrazine groups is 1. The number of rotatable bonds is 19. The maximum Gasteiger partial charge on any atom is 0.407 e. The maximum absolute atomic E-state index is 16.0. The second-order valence-electron chi connectivity index (χ2n) is 20.3. The van der Waals surface area contributed by atoms with Crippen LogP contribution in [0.1, 0.15) is 63.4 Å². The Morgan fingerprint density at radius 2 is 1.39 bits per heavy atom. The number of methoxy groups -OCH3 is 1. The third-order valence-electron chi connectivity index (χ3n) is 13.9. The van der Waals surface area contributed by atoms with Crippen LogP contribution in [-0.2, 0) is 32.0 Å². The molecule has 2 aromatic carbocycles. The van der Waals surface area contributed by atoms with E-state index in [2.05, 4.69) is 48.7 Å². The molecule has 79 heavy (non-hydrogen) atoms. The number of halogens is 10. The Balaban J connectivity index is 1.31. The molecule has 6 N–H and O–H groups in total. The first-order chi connectivity index (χ1) is 36.8. The van der Waals surface area contributed by atoms with Crippen molar-refractivity contribution < 1.29 is 82.8 Å². The minimum atomic E-state index is -5.29. The summed E-state index contributed by atoms with van der Waals surface area (Å²) in [5.74, 6) is 0.516. The van der Waals surface area contributed by atoms with Crippen LogP contribution in [0.3, 0.4) is 0 Å². The number of nitrogens with one attached hydrogen (secondary N) is 4. The number of alkyl halides is 8. The summed E-state index contributed by atoms with van der Waals surface area (Å²) in [4.78, 5) is 61.1. The zero-order valence-corrected chi connectivity index (χ0v) is 43.4. The van der Waals surface area contributed by atoms with Gasteiger partial charge in [-0.1, -0.05) is 24.0 Å². The Bertz CT molecular complexity index is 2840. The van der Waals surface area contributed by atoms with Crippen molar-refractivity contribution in [2.45, 2.75) is 96.3 Å². The Morgan fingerprint density at radius 1 is 0.823 bits per heavy atom. The van der Waals surface area contributed by atoms with Crippen LogP contribution in [-0.4, -0.2) is 154 Å². The van der Waals surface area contributed by atoms with E-state index in [4.69, 9.17) is 4.74 Å². The third-order valence-corrected chi connectivity index (χ3v) is 13.9. The average Bonchev–Trinajstić information content (AvgIpc) is 3.89. The Kier molecular flexibility index (Phi) is 18.9. The fourth-order valence-electron chi connectivity index (χ4n) is 8.57. The van der Waals surface area contributed by atoms with Crippen molar-refractivity contribution in [2.75, 3.05) is 57.9 Å². The first-order valence-electron chi connectivity index (χ1n) is 24.3. The van der Waals surface area contributed by atoms with Crippen molar-refractivity contribution in [1.82, 2.24) is 46.0 Å². The lowest BCUT2D eigenvalue weighted by molar-refractivity contribution is -0.221. The number of carboxylic acid groups (broad SMARTS) is 1. The molecule has 0 unspecified atom stereocenters. The Hall–Kier alpha value is -7.22. The summed E-state index contributed by atoms with van der Waals surface area (Å²) in [5, 5.41) is 31.0. The number of carbonyl (C=O) groups excluding carboxylic acids is 3. The number of hydrogen-bond acceptors (Lipinski definition) is 12. The fourth-order valence-corrected chi connectivity index (χ4v) is 8.57. The maximum atomic E-state index is 16.0. The highest BCUT2D eigenvalue weighted by atomic mass is 19.4. The molecule has 28 heteroatoms. The van der Waals surface area contributed by atoms with E-state index in [1.54, 1.807) is 12.3 Å². The highest BCUT2D eigenvalue weighted by molar-refractivity contribution is 5.87. The van der Waals surface area contributed by atoms with Gasteiger partial charge >= 0.3 is 31.1 Å². The lowest BCUT2D eigenvalue weighted by Gasteiger charge is -2.50. The topological polar surface area (TPSA) is 216 Å². The van der Waals surface area contributed by atoms with E-state index in [-0.39, 0.29) is 27.0 Å². The number of ether oxygens (including phenoxy) is 2. The minimum absolute atomic E-state index is 0.0334. The molecule has 6 rings (SSSR count). The molecule has 2 aliphatic rings. The summed E-state index contributed by atoms with van der Waals surface area (Å²) in [6.07, 6.45) is -14.3. The van der Waals surface area contributed by atoms with Gasteiger partial charge in [0.05, 0.1) is 54.5 Å². The monoisotopic (exact) mass is 1130 g/mol. The van der Waals surface area contributed by atoms with Gasteiger partial charge in [0.15, 0.2) is 0 Å². The smallest absolute Gasteiger partial charge is 0.407 e. The van der Waals surface area contributed by atoms with Crippen LogP contribution in [0.15, 0.2) is 67.0 Å². The lowest BCUT2D eigenvalue weighted by Crippen LogP contribution is -2.64. The van der Waals surface area contributed by atoms with Gasteiger partial charge in [0, 0.05) is 73.9 Å². The first kappa shape index (κ1) is 61.0. The largest absolute Gasteiger partial charge is 0.465 e. The number of benzene rings is 2.